The van der Waals surface area contributed by atoms with E-state index in [1.54, 1.807) is 0 Å². The summed E-state index contributed by atoms with van der Waals surface area (Å²) in [7, 11) is 0. The lowest BCUT2D eigenvalue weighted by molar-refractivity contribution is 0.346. The van der Waals surface area contributed by atoms with Gasteiger partial charge in [0.25, 0.3) is 0 Å². The van der Waals surface area contributed by atoms with E-state index in [1.807, 2.05) is 10.9 Å². The molecule has 2 rings (SSSR count). The lowest BCUT2D eigenvalue weighted by Crippen LogP contribution is -2.22. The van der Waals surface area contributed by atoms with Gasteiger partial charge in [0.1, 0.15) is 11.8 Å². The van der Waals surface area contributed by atoms with Gasteiger partial charge in [0.2, 0.25) is 0 Å². The molecule has 1 aromatic heterocycles. The molecule has 0 N–H and O–H groups in total. The zero-order valence-electron chi connectivity index (χ0n) is 7.61. The number of rotatable bonds is 1. The number of aromatic nitrogens is 3. The lowest BCUT2D eigenvalue weighted by Gasteiger charge is -2.17. The maximum absolute atomic E-state index is 5.10. The second-order valence-electron chi connectivity index (χ2n) is 4.08. The second kappa shape index (κ2) is 2.29. The summed E-state index contributed by atoms with van der Waals surface area (Å²) >= 11 is 0. The number of hydrogen-bond donors (Lipinski definition) is 0. The molecule has 0 radical (unpaired) electrons. The van der Waals surface area contributed by atoms with Crippen LogP contribution in [0.5, 0.6) is 0 Å². The molecule has 0 spiro atoms. The normalized spacial score (nSPS) is 22.8. The molecule has 12 heavy (non-hydrogen) atoms. The van der Waals surface area contributed by atoms with Crippen molar-refractivity contribution in [3.8, 4) is 0 Å². The molecule has 1 unspecified atom stereocenters. The van der Waals surface area contributed by atoms with Gasteiger partial charge in [0.05, 0.1) is 18.3 Å². The summed E-state index contributed by atoms with van der Waals surface area (Å²) in [5.41, 5.74) is 0.963. The van der Waals surface area contributed by atoms with E-state index in [4.69, 9.17) is 4.74 Å². The molecule has 4 heteroatoms. The average Bonchev–Trinajstić information content (AvgIpc) is 2.66. The number of ether oxygens (including phenoxy) is 1. The number of hydrogen-bond acceptors (Lipinski definition) is 3. The number of epoxide rings is 1. The van der Waals surface area contributed by atoms with Crippen molar-refractivity contribution in [2.45, 2.75) is 32.4 Å². The third kappa shape index (κ3) is 1.34. The first kappa shape index (κ1) is 7.73. The predicted molar refractivity (Wildman–Crippen MR) is 43.7 cm³/mol. The largest absolute Gasteiger partial charge is 0.366 e. The summed E-state index contributed by atoms with van der Waals surface area (Å²) in [6.07, 6.45) is 2.17. The molecule has 4 nitrogen and oxygen atoms in total. The van der Waals surface area contributed by atoms with Crippen molar-refractivity contribution >= 4 is 0 Å². The van der Waals surface area contributed by atoms with Gasteiger partial charge in [0, 0.05) is 0 Å². The summed E-state index contributed by atoms with van der Waals surface area (Å²) in [6, 6.07) is 0. The summed E-state index contributed by atoms with van der Waals surface area (Å²) in [5.74, 6) is 0. The summed E-state index contributed by atoms with van der Waals surface area (Å²) in [4.78, 5) is 0. The molecule has 66 valence electrons. The van der Waals surface area contributed by atoms with Crippen molar-refractivity contribution in [1.82, 2.24) is 15.0 Å². The highest BCUT2D eigenvalue weighted by molar-refractivity contribution is 5.03. The zero-order valence-corrected chi connectivity index (χ0v) is 7.61. The molecule has 1 aromatic rings. The van der Waals surface area contributed by atoms with Gasteiger partial charge in [-0.05, 0) is 20.8 Å². The van der Waals surface area contributed by atoms with Crippen LogP contribution < -0.4 is 0 Å². The molecule has 0 amide bonds. The minimum absolute atomic E-state index is 0.0140. The second-order valence-corrected chi connectivity index (χ2v) is 4.08. The van der Waals surface area contributed by atoms with E-state index >= 15 is 0 Å². The molecule has 1 saturated heterocycles. The van der Waals surface area contributed by atoms with Crippen LogP contribution in [0.25, 0.3) is 0 Å². The average molecular weight is 167 g/mol. The van der Waals surface area contributed by atoms with Crippen molar-refractivity contribution in [3.63, 3.8) is 0 Å². The first-order valence-electron chi connectivity index (χ1n) is 4.12. The lowest BCUT2D eigenvalue weighted by atomic mass is 10.1. The van der Waals surface area contributed by atoms with Crippen LogP contribution >= 0.6 is 0 Å². The van der Waals surface area contributed by atoms with Crippen LogP contribution in [0.15, 0.2) is 6.20 Å². The van der Waals surface area contributed by atoms with Crippen LogP contribution in [0.3, 0.4) is 0 Å². The Morgan fingerprint density at radius 1 is 1.58 bits per heavy atom. The Hall–Kier alpha value is -0.900. The van der Waals surface area contributed by atoms with Gasteiger partial charge in [-0.3, -0.25) is 0 Å². The third-order valence-electron chi connectivity index (χ3n) is 1.86. The van der Waals surface area contributed by atoms with Gasteiger partial charge in [-0.1, -0.05) is 5.21 Å². The Balaban J connectivity index is 2.23. The van der Waals surface area contributed by atoms with E-state index in [1.165, 1.54) is 0 Å². The van der Waals surface area contributed by atoms with E-state index in [9.17, 15) is 0 Å². The predicted octanol–water partition coefficient (Wildman–Crippen LogP) is 1.10. The van der Waals surface area contributed by atoms with Crippen molar-refractivity contribution < 1.29 is 4.74 Å². The molecule has 1 aliphatic rings. The monoisotopic (exact) mass is 167 g/mol. The summed E-state index contributed by atoms with van der Waals surface area (Å²) in [6.45, 7) is 7.08. The van der Waals surface area contributed by atoms with Crippen LogP contribution in [-0.4, -0.2) is 21.6 Å². The Kier molecular flexibility index (Phi) is 1.48. The topological polar surface area (TPSA) is 43.2 Å². The smallest absolute Gasteiger partial charge is 0.126 e. The minimum Gasteiger partial charge on any atom is -0.366 e. The maximum Gasteiger partial charge on any atom is 0.126 e. The summed E-state index contributed by atoms with van der Waals surface area (Å²) < 4.78 is 6.97. The van der Waals surface area contributed by atoms with Crippen molar-refractivity contribution in [2.75, 3.05) is 6.61 Å². The first-order chi connectivity index (χ1) is 5.57. The van der Waals surface area contributed by atoms with Gasteiger partial charge >= 0.3 is 0 Å². The molecular formula is C8H13N3O. The molecule has 0 saturated carbocycles. The molecule has 2 heterocycles. The fourth-order valence-electron chi connectivity index (χ4n) is 0.971. The maximum atomic E-state index is 5.10. The van der Waals surface area contributed by atoms with Crippen LogP contribution in [0.2, 0.25) is 0 Å². The van der Waals surface area contributed by atoms with Crippen LogP contribution in [0.1, 0.15) is 32.6 Å². The molecule has 0 bridgehead atoms. The molecule has 1 atom stereocenters. The van der Waals surface area contributed by atoms with Gasteiger partial charge in [-0.15, -0.1) is 5.10 Å². The SMILES string of the molecule is CC(C)(C)n1cc(C2CO2)nn1. The van der Waals surface area contributed by atoms with Crippen molar-refractivity contribution in [1.29, 1.82) is 0 Å². The fraction of sp³-hybridized carbons (Fsp3) is 0.750. The standard InChI is InChI=1S/C8H13N3O/c1-8(2,3)11-4-6(9-10-11)7-5-12-7/h4,7H,5H2,1-3H3. The van der Waals surface area contributed by atoms with E-state index in [0.717, 1.165) is 12.3 Å². The highest BCUT2D eigenvalue weighted by atomic mass is 16.6. The van der Waals surface area contributed by atoms with Gasteiger partial charge in [0.15, 0.2) is 0 Å². The zero-order chi connectivity index (χ0) is 8.77. The molecule has 0 aliphatic carbocycles. The van der Waals surface area contributed by atoms with E-state index in [-0.39, 0.29) is 11.6 Å². The molecular weight excluding hydrogens is 154 g/mol. The van der Waals surface area contributed by atoms with Crippen LogP contribution in [-0.2, 0) is 10.3 Å². The third-order valence-corrected chi connectivity index (χ3v) is 1.86. The quantitative estimate of drug-likeness (QED) is 0.588. The van der Waals surface area contributed by atoms with Crippen molar-refractivity contribution in [2.24, 2.45) is 0 Å². The van der Waals surface area contributed by atoms with Crippen LogP contribution in [0.4, 0.5) is 0 Å². The highest BCUT2D eigenvalue weighted by Crippen LogP contribution is 2.28. The van der Waals surface area contributed by atoms with Gasteiger partial charge in [-0.2, -0.15) is 0 Å². The molecule has 1 aliphatic heterocycles. The summed E-state index contributed by atoms with van der Waals surface area (Å²) in [5, 5.41) is 8.07. The Labute approximate surface area is 71.5 Å². The first-order valence-corrected chi connectivity index (χ1v) is 4.12. The highest BCUT2D eigenvalue weighted by Gasteiger charge is 2.29. The van der Waals surface area contributed by atoms with Crippen molar-refractivity contribution in [3.05, 3.63) is 11.9 Å². The fourth-order valence-corrected chi connectivity index (χ4v) is 0.971. The van der Waals surface area contributed by atoms with E-state index in [0.29, 0.717) is 0 Å². The molecule has 0 aromatic carbocycles. The Morgan fingerprint density at radius 2 is 2.25 bits per heavy atom. The number of nitrogens with zero attached hydrogens (tertiary/aromatic N) is 3. The molecule has 1 fully saturated rings. The Morgan fingerprint density at radius 3 is 2.67 bits per heavy atom. The van der Waals surface area contributed by atoms with Gasteiger partial charge < -0.3 is 4.74 Å². The van der Waals surface area contributed by atoms with Gasteiger partial charge in [-0.25, -0.2) is 4.68 Å². The van der Waals surface area contributed by atoms with Crippen LogP contribution in [0, 0.1) is 0 Å². The van der Waals surface area contributed by atoms with E-state index < -0.39 is 0 Å². The minimum atomic E-state index is 0.0140. The Bertz CT molecular complexity index is 283. The van der Waals surface area contributed by atoms with E-state index in [2.05, 4.69) is 31.1 Å².